The molecular formula is C17H14ClF3N2O5. The van der Waals surface area contributed by atoms with Gasteiger partial charge in [0.1, 0.15) is 0 Å². The number of hydrogen-bond acceptors (Lipinski definition) is 6. The smallest absolute Gasteiger partial charge is 0.417 e. The van der Waals surface area contributed by atoms with Crippen LogP contribution in [-0.4, -0.2) is 37.7 Å². The quantitative estimate of drug-likeness (QED) is 0.722. The first-order valence-corrected chi connectivity index (χ1v) is 7.95. The van der Waals surface area contributed by atoms with Gasteiger partial charge in [-0.2, -0.15) is 13.2 Å². The Morgan fingerprint density at radius 3 is 2.39 bits per heavy atom. The molecule has 1 N–H and O–H groups in total. The number of ether oxygens (including phenoxy) is 3. The second-order valence-corrected chi connectivity index (χ2v) is 5.65. The summed E-state index contributed by atoms with van der Waals surface area (Å²) in [5.41, 5.74) is -0.952. The van der Waals surface area contributed by atoms with Crippen LogP contribution in [-0.2, 0) is 15.7 Å². The molecule has 0 aliphatic rings. The molecule has 1 heterocycles. The lowest BCUT2D eigenvalue weighted by molar-refractivity contribution is -0.137. The van der Waals surface area contributed by atoms with Crippen LogP contribution in [0.3, 0.4) is 0 Å². The lowest BCUT2D eigenvalue weighted by Crippen LogP contribution is -2.22. The van der Waals surface area contributed by atoms with Crippen LogP contribution in [0.2, 0.25) is 5.02 Å². The van der Waals surface area contributed by atoms with Crippen LogP contribution >= 0.6 is 11.6 Å². The number of nitrogens with one attached hydrogen (secondary N) is 1. The first kappa shape index (κ1) is 21.3. The molecule has 2 aromatic rings. The van der Waals surface area contributed by atoms with E-state index in [0.29, 0.717) is 23.8 Å². The zero-order chi connectivity index (χ0) is 20.9. The number of halogens is 4. The largest absolute Gasteiger partial charge is 0.493 e. The van der Waals surface area contributed by atoms with Crippen LogP contribution in [0.1, 0.15) is 15.9 Å². The minimum Gasteiger partial charge on any atom is -0.493 e. The van der Waals surface area contributed by atoms with Gasteiger partial charge in [0.2, 0.25) is 0 Å². The van der Waals surface area contributed by atoms with E-state index in [4.69, 9.17) is 25.8 Å². The third-order valence-electron chi connectivity index (χ3n) is 3.38. The molecule has 0 aliphatic carbocycles. The number of aromatic nitrogens is 1. The maximum Gasteiger partial charge on any atom is 0.417 e. The number of rotatable bonds is 6. The van der Waals surface area contributed by atoms with E-state index in [-0.39, 0.29) is 11.4 Å². The third kappa shape index (κ3) is 5.26. The van der Waals surface area contributed by atoms with Gasteiger partial charge in [0.25, 0.3) is 5.91 Å². The summed E-state index contributed by atoms with van der Waals surface area (Å²) in [7, 11) is 2.82. The van der Waals surface area contributed by atoms with Crippen molar-refractivity contribution >= 4 is 29.3 Å². The molecule has 0 unspecified atom stereocenters. The van der Waals surface area contributed by atoms with Crippen LogP contribution in [0.15, 0.2) is 30.5 Å². The van der Waals surface area contributed by atoms with Crippen molar-refractivity contribution in [1.82, 2.24) is 4.98 Å². The number of methoxy groups -OCH3 is 2. The summed E-state index contributed by atoms with van der Waals surface area (Å²) in [5, 5.41) is 1.76. The Morgan fingerprint density at radius 1 is 1.14 bits per heavy atom. The van der Waals surface area contributed by atoms with E-state index in [1.807, 2.05) is 0 Å². The van der Waals surface area contributed by atoms with Crippen molar-refractivity contribution in [3.05, 3.63) is 46.6 Å². The van der Waals surface area contributed by atoms with Crippen molar-refractivity contribution in [2.45, 2.75) is 6.18 Å². The summed E-state index contributed by atoms with van der Waals surface area (Å²) in [4.78, 5) is 27.3. The minimum absolute atomic E-state index is 0.108. The predicted molar refractivity (Wildman–Crippen MR) is 92.7 cm³/mol. The fourth-order valence-electron chi connectivity index (χ4n) is 2.03. The molecule has 1 aromatic carbocycles. The molecule has 0 bridgehead atoms. The van der Waals surface area contributed by atoms with Gasteiger partial charge in [0.15, 0.2) is 23.9 Å². The number of carbonyl (C=O) groups excluding carboxylic acids is 2. The second kappa shape index (κ2) is 8.79. The van der Waals surface area contributed by atoms with Crippen LogP contribution in [0.25, 0.3) is 0 Å². The number of hydrogen-bond donors (Lipinski definition) is 1. The van der Waals surface area contributed by atoms with Gasteiger partial charge in [-0.05, 0) is 24.3 Å². The van der Waals surface area contributed by atoms with E-state index in [0.717, 1.165) is 0 Å². The van der Waals surface area contributed by atoms with E-state index in [9.17, 15) is 22.8 Å². The van der Waals surface area contributed by atoms with E-state index in [1.165, 1.54) is 32.4 Å². The Bertz CT molecular complexity index is 890. The summed E-state index contributed by atoms with van der Waals surface area (Å²) in [6.07, 6.45) is -4.09. The van der Waals surface area contributed by atoms with Gasteiger partial charge in [-0.3, -0.25) is 4.79 Å². The molecule has 0 atom stereocenters. The number of pyridine rings is 1. The van der Waals surface area contributed by atoms with E-state index < -0.39 is 35.2 Å². The molecule has 0 fully saturated rings. The topological polar surface area (TPSA) is 86.8 Å². The number of esters is 1. The number of anilines is 1. The molecule has 0 saturated heterocycles. The van der Waals surface area contributed by atoms with Gasteiger partial charge in [0, 0.05) is 6.20 Å². The summed E-state index contributed by atoms with van der Waals surface area (Å²) in [6.45, 7) is -0.702. The molecule has 1 amide bonds. The molecule has 28 heavy (non-hydrogen) atoms. The molecule has 150 valence electrons. The van der Waals surface area contributed by atoms with Gasteiger partial charge in [-0.25, -0.2) is 9.78 Å². The number of alkyl halides is 3. The molecule has 11 heteroatoms. The number of amides is 1. The maximum atomic E-state index is 12.6. The highest BCUT2D eigenvalue weighted by molar-refractivity contribution is 6.33. The highest BCUT2D eigenvalue weighted by Crippen LogP contribution is 2.32. The SMILES string of the molecule is COc1ccc(C(=O)OCC(=O)Nc2ncc(C(F)(F)F)cc2Cl)cc1OC. The Kier molecular flexibility index (Phi) is 6.68. The van der Waals surface area contributed by atoms with Gasteiger partial charge in [-0.1, -0.05) is 11.6 Å². The molecule has 1 aromatic heterocycles. The first-order valence-electron chi connectivity index (χ1n) is 7.57. The standard InChI is InChI=1S/C17H14ClF3N2O5/c1-26-12-4-3-9(5-13(12)27-2)16(25)28-8-14(24)23-15-11(18)6-10(7-22-15)17(19,20)21/h3-7H,8H2,1-2H3,(H,22,23,24). The number of nitrogens with zero attached hydrogens (tertiary/aromatic N) is 1. The van der Waals surface area contributed by atoms with Gasteiger partial charge in [0.05, 0.1) is 30.4 Å². The molecule has 0 aliphatic heterocycles. The normalized spacial score (nSPS) is 10.9. The highest BCUT2D eigenvalue weighted by atomic mass is 35.5. The number of benzene rings is 1. The van der Waals surface area contributed by atoms with Crippen molar-refractivity contribution in [2.75, 3.05) is 26.1 Å². The maximum absolute atomic E-state index is 12.6. The molecule has 2 rings (SSSR count). The molecule has 0 radical (unpaired) electrons. The average molecular weight is 419 g/mol. The van der Waals surface area contributed by atoms with Crippen molar-refractivity contribution in [1.29, 1.82) is 0 Å². The lowest BCUT2D eigenvalue weighted by atomic mass is 10.2. The third-order valence-corrected chi connectivity index (χ3v) is 3.67. The Morgan fingerprint density at radius 2 is 1.82 bits per heavy atom. The van der Waals surface area contributed by atoms with Gasteiger partial charge < -0.3 is 19.5 Å². The van der Waals surface area contributed by atoms with Crippen LogP contribution in [0.4, 0.5) is 19.0 Å². The predicted octanol–water partition coefficient (Wildman–Crippen LogP) is 3.57. The zero-order valence-corrected chi connectivity index (χ0v) is 15.4. The molecule has 0 saturated carbocycles. The minimum atomic E-state index is -4.62. The van der Waals surface area contributed by atoms with Crippen molar-refractivity contribution in [3.8, 4) is 11.5 Å². The summed E-state index contributed by atoms with van der Waals surface area (Å²) in [5.74, 6) is -1.24. The van der Waals surface area contributed by atoms with E-state index >= 15 is 0 Å². The zero-order valence-electron chi connectivity index (χ0n) is 14.6. The summed E-state index contributed by atoms with van der Waals surface area (Å²) < 4.78 is 52.7. The Hall–Kier alpha value is -3.01. The van der Waals surface area contributed by atoms with Gasteiger partial charge >= 0.3 is 12.1 Å². The fourth-order valence-corrected chi connectivity index (χ4v) is 2.24. The van der Waals surface area contributed by atoms with Crippen LogP contribution in [0, 0.1) is 0 Å². The van der Waals surface area contributed by atoms with Crippen molar-refractivity contribution in [2.24, 2.45) is 0 Å². The Labute approximate surface area is 162 Å². The first-order chi connectivity index (χ1) is 13.2. The van der Waals surface area contributed by atoms with E-state index in [1.54, 1.807) is 0 Å². The van der Waals surface area contributed by atoms with Crippen molar-refractivity contribution < 1.29 is 37.0 Å². The molecule has 7 nitrogen and oxygen atoms in total. The van der Waals surface area contributed by atoms with Crippen LogP contribution < -0.4 is 14.8 Å². The van der Waals surface area contributed by atoms with Gasteiger partial charge in [-0.15, -0.1) is 0 Å². The second-order valence-electron chi connectivity index (χ2n) is 5.25. The highest BCUT2D eigenvalue weighted by Gasteiger charge is 2.31. The number of carbonyl (C=O) groups is 2. The molecular weight excluding hydrogens is 405 g/mol. The summed E-state index contributed by atoms with van der Waals surface area (Å²) >= 11 is 5.69. The fraction of sp³-hybridized carbons (Fsp3) is 0.235. The Balaban J connectivity index is 1.98. The van der Waals surface area contributed by atoms with Crippen LogP contribution in [0.5, 0.6) is 11.5 Å². The molecule has 0 spiro atoms. The van der Waals surface area contributed by atoms with E-state index in [2.05, 4.69) is 10.3 Å². The average Bonchev–Trinajstić information content (AvgIpc) is 2.66. The van der Waals surface area contributed by atoms with Crippen molar-refractivity contribution in [3.63, 3.8) is 0 Å². The summed E-state index contributed by atoms with van der Waals surface area (Å²) in [6, 6.07) is 4.89. The monoisotopic (exact) mass is 418 g/mol. The lowest BCUT2D eigenvalue weighted by Gasteiger charge is -2.11.